The Kier molecular flexibility index (Phi) is 6.66. The molecule has 0 radical (unpaired) electrons. The predicted octanol–water partition coefficient (Wildman–Crippen LogP) is 4.48. The van der Waals surface area contributed by atoms with Gasteiger partial charge in [-0.3, -0.25) is 0 Å². The second kappa shape index (κ2) is 7.08. The van der Waals surface area contributed by atoms with Crippen LogP contribution in [0.25, 0.3) is 0 Å². The van der Waals surface area contributed by atoms with Gasteiger partial charge in [-0.15, -0.1) is 0 Å². The van der Waals surface area contributed by atoms with Gasteiger partial charge >= 0.3 is 25.7 Å². The van der Waals surface area contributed by atoms with E-state index < -0.39 is 34.0 Å². The Bertz CT molecular complexity index is 353. The van der Waals surface area contributed by atoms with Crippen molar-refractivity contribution >= 4 is 34.0 Å². The zero-order valence-electron chi connectivity index (χ0n) is 15.2. The van der Waals surface area contributed by atoms with Crippen molar-refractivity contribution in [2.45, 2.75) is 78.1 Å². The van der Waals surface area contributed by atoms with Crippen LogP contribution >= 0.6 is 0 Å². The summed E-state index contributed by atoms with van der Waals surface area (Å²) in [6, 6.07) is 2.10. The molecular formula is C13H34O4Si4. The molecule has 1 heterocycles. The molecule has 1 aliphatic rings. The highest BCUT2D eigenvalue weighted by Crippen LogP contribution is 2.31. The molecule has 0 N–H and O–H groups in total. The van der Waals surface area contributed by atoms with Crippen molar-refractivity contribution in [2.24, 2.45) is 0 Å². The van der Waals surface area contributed by atoms with E-state index >= 15 is 0 Å². The van der Waals surface area contributed by atoms with E-state index in [1.54, 1.807) is 0 Å². The van der Waals surface area contributed by atoms with Gasteiger partial charge in [0.15, 0.2) is 0 Å². The van der Waals surface area contributed by atoms with E-state index in [2.05, 4.69) is 53.1 Å². The van der Waals surface area contributed by atoms with Crippen LogP contribution in [0.5, 0.6) is 0 Å². The maximum atomic E-state index is 6.60. The van der Waals surface area contributed by atoms with Crippen LogP contribution < -0.4 is 0 Å². The standard InChI is InChI=1S/C13H34O4Si4/c1-9-11-12-21(8)16-18(3,4)14-13-20(7,10-2)15-19(5,6)17-21/h9-13H2,1-8H3. The van der Waals surface area contributed by atoms with Crippen LogP contribution in [-0.4, -0.2) is 40.2 Å². The Morgan fingerprint density at radius 3 is 1.90 bits per heavy atom. The van der Waals surface area contributed by atoms with Crippen LogP contribution in [0.4, 0.5) is 0 Å². The molecule has 0 aliphatic carbocycles. The number of hydrogen-bond acceptors (Lipinski definition) is 4. The van der Waals surface area contributed by atoms with Gasteiger partial charge < -0.3 is 16.8 Å². The van der Waals surface area contributed by atoms with Gasteiger partial charge in [-0.2, -0.15) is 0 Å². The summed E-state index contributed by atoms with van der Waals surface area (Å²) in [6.07, 6.45) is 3.06. The lowest BCUT2D eigenvalue weighted by atomic mass is 10.4. The molecule has 4 nitrogen and oxygen atoms in total. The first-order chi connectivity index (χ1) is 9.45. The van der Waals surface area contributed by atoms with Crippen molar-refractivity contribution in [1.29, 1.82) is 0 Å². The first kappa shape index (κ1) is 19.8. The van der Waals surface area contributed by atoms with Gasteiger partial charge in [-0.05, 0) is 51.4 Å². The van der Waals surface area contributed by atoms with E-state index in [1.807, 2.05) is 0 Å². The van der Waals surface area contributed by atoms with Crippen molar-refractivity contribution in [3.63, 3.8) is 0 Å². The molecular weight excluding hydrogens is 332 g/mol. The van der Waals surface area contributed by atoms with Crippen LogP contribution in [-0.2, 0) is 16.8 Å². The SMILES string of the molecule is CCCC[Si]1(C)O[Si](C)(C)OC[Si](C)(CC)O[Si](C)(C)O1. The van der Waals surface area contributed by atoms with Crippen molar-refractivity contribution in [1.82, 2.24) is 0 Å². The first-order valence-corrected chi connectivity index (χ1v) is 19.2. The van der Waals surface area contributed by atoms with E-state index in [9.17, 15) is 0 Å². The molecule has 21 heavy (non-hydrogen) atoms. The zero-order chi connectivity index (χ0) is 16.4. The summed E-state index contributed by atoms with van der Waals surface area (Å²) >= 11 is 0. The summed E-state index contributed by atoms with van der Waals surface area (Å²) in [6.45, 7) is 17.5. The smallest absolute Gasteiger partial charge is 0.322 e. The van der Waals surface area contributed by atoms with Gasteiger partial charge in [0.25, 0.3) is 0 Å². The fourth-order valence-electron chi connectivity index (χ4n) is 2.83. The van der Waals surface area contributed by atoms with Crippen molar-refractivity contribution < 1.29 is 16.8 Å². The van der Waals surface area contributed by atoms with Gasteiger partial charge in [-0.25, -0.2) is 0 Å². The maximum Gasteiger partial charge on any atom is 0.322 e. The Hall–Kier alpha value is 0.708. The summed E-state index contributed by atoms with van der Waals surface area (Å²) in [5, 5.41) is 0. The van der Waals surface area contributed by atoms with Crippen molar-refractivity contribution in [3.05, 3.63) is 0 Å². The largest absolute Gasteiger partial charge is 0.434 e. The molecule has 0 saturated carbocycles. The fourth-order valence-corrected chi connectivity index (χ4v) is 22.7. The average Bonchev–Trinajstić information content (AvgIpc) is 2.34. The molecule has 0 bridgehead atoms. The summed E-state index contributed by atoms with van der Waals surface area (Å²) < 4.78 is 26.0. The van der Waals surface area contributed by atoms with Crippen LogP contribution in [0.2, 0.25) is 51.4 Å². The highest BCUT2D eigenvalue weighted by Gasteiger charge is 2.49. The third-order valence-electron chi connectivity index (χ3n) is 3.87. The monoisotopic (exact) mass is 366 g/mol. The van der Waals surface area contributed by atoms with Gasteiger partial charge in [0.1, 0.15) is 0 Å². The Labute approximate surface area is 135 Å². The summed E-state index contributed by atoms with van der Waals surface area (Å²) in [4.78, 5) is 0. The third-order valence-corrected chi connectivity index (χ3v) is 19.8. The Morgan fingerprint density at radius 1 is 0.810 bits per heavy atom. The van der Waals surface area contributed by atoms with Crippen LogP contribution in [0.3, 0.4) is 0 Å². The van der Waals surface area contributed by atoms with Gasteiger partial charge in [0.2, 0.25) is 8.32 Å². The van der Waals surface area contributed by atoms with E-state index in [0.717, 1.165) is 24.7 Å². The lowest BCUT2D eigenvalue weighted by molar-refractivity contribution is 0.261. The third kappa shape index (κ3) is 6.38. The molecule has 2 atom stereocenters. The molecule has 0 amide bonds. The normalized spacial score (nSPS) is 36.6. The summed E-state index contributed by atoms with van der Waals surface area (Å²) in [5.41, 5.74) is 0. The Balaban J connectivity index is 3.05. The molecule has 126 valence electrons. The van der Waals surface area contributed by atoms with Crippen molar-refractivity contribution in [3.8, 4) is 0 Å². The van der Waals surface area contributed by atoms with Gasteiger partial charge in [0.05, 0.1) is 6.23 Å². The molecule has 2 unspecified atom stereocenters. The molecule has 1 rings (SSSR count). The fraction of sp³-hybridized carbons (Fsp3) is 1.00. The van der Waals surface area contributed by atoms with Crippen LogP contribution in [0.15, 0.2) is 0 Å². The molecule has 1 aliphatic heterocycles. The maximum absolute atomic E-state index is 6.60. The highest BCUT2D eigenvalue weighted by molar-refractivity contribution is 6.90. The first-order valence-electron chi connectivity index (χ1n) is 8.19. The number of rotatable bonds is 4. The minimum Gasteiger partial charge on any atom is -0.434 e. The molecule has 0 spiro atoms. The second-order valence-corrected chi connectivity index (χ2v) is 22.4. The quantitative estimate of drug-likeness (QED) is 0.688. The van der Waals surface area contributed by atoms with E-state index in [-0.39, 0.29) is 0 Å². The zero-order valence-corrected chi connectivity index (χ0v) is 19.2. The topological polar surface area (TPSA) is 36.9 Å². The number of unbranched alkanes of at least 4 members (excludes halogenated alkanes) is 1. The molecule has 0 aromatic heterocycles. The lowest BCUT2D eigenvalue weighted by Crippen LogP contribution is -2.56. The molecule has 0 aromatic carbocycles. The van der Waals surface area contributed by atoms with Gasteiger partial charge in [-0.1, -0.05) is 26.7 Å². The predicted molar refractivity (Wildman–Crippen MR) is 97.6 cm³/mol. The molecule has 1 saturated heterocycles. The minimum absolute atomic E-state index is 0.737. The summed E-state index contributed by atoms with van der Waals surface area (Å²) in [5.74, 6) is 0. The Morgan fingerprint density at radius 2 is 1.38 bits per heavy atom. The summed E-state index contributed by atoms with van der Waals surface area (Å²) in [7, 11) is -8.39. The minimum atomic E-state index is -2.22. The highest BCUT2D eigenvalue weighted by atomic mass is 28.5. The molecule has 8 heteroatoms. The van der Waals surface area contributed by atoms with Gasteiger partial charge in [0, 0.05) is 0 Å². The average molecular weight is 367 g/mol. The molecule has 0 aromatic rings. The van der Waals surface area contributed by atoms with E-state index in [1.165, 1.54) is 6.42 Å². The van der Waals surface area contributed by atoms with Crippen LogP contribution in [0.1, 0.15) is 26.7 Å². The van der Waals surface area contributed by atoms with E-state index in [4.69, 9.17) is 16.8 Å². The van der Waals surface area contributed by atoms with Crippen molar-refractivity contribution in [2.75, 3.05) is 6.23 Å². The lowest BCUT2D eigenvalue weighted by Gasteiger charge is -2.39. The molecule has 1 fully saturated rings. The van der Waals surface area contributed by atoms with Crippen LogP contribution in [0, 0.1) is 0 Å². The second-order valence-electron chi connectivity index (χ2n) is 7.44. The van der Waals surface area contributed by atoms with E-state index in [0.29, 0.717) is 0 Å². The number of hydrogen-bond donors (Lipinski definition) is 0.